The van der Waals surface area contributed by atoms with E-state index >= 15 is 0 Å². The molecule has 0 saturated heterocycles. The quantitative estimate of drug-likeness (QED) is 0.207. The fourth-order valence-corrected chi connectivity index (χ4v) is 7.81. The standard InChI is InChI=1S/C46H31N3/c1-3-13-30(14-4-1)34-25-26-38(37-20-10-9-19-36(34)37)45-39-21-11-12-22-41(39)47-46(48-45)32-24-27-42-40(29-32)44-35-18-8-7-15-31(35)23-28-43(44)49(42)33-16-5-2-6-17-33/h1-29,45H,(H,47,48). The van der Waals surface area contributed by atoms with Gasteiger partial charge in [-0.15, -0.1) is 0 Å². The summed E-state index contributed by atoms with van der Waals surface area (Å²) < 4.78 is 2.38. The van der Waals surface area contributed by atoms with E-state index in [9.17, 15) is 0 Å². The Kier molecular flexibility index (Phi) is 6.25. The number of rotatable bonds is 4. The van der Waals surface area contributed by atoms with Crippen LogP contribution in [0.5, 0.6) is 0 Å². The Bertz CT molecular complexity index is 2740. The molecule has 0 saturated carbocycles. The van der Waals surface area contributed by atoms with Gasteiger partial charge in [-0.2, -0.15) is 0 Å². The van der Waals surface area contributed by atoms with Gasteiger partial charge in [-0.05, 0) is 80.7 Å². The lowest BCUT2D eigenvalue weighted by molar-refractivity contribution is 0.872. The van der Waals surface area contributed by atoms with E-state index in [0.717, 1.165) is 22.8 Å². The third-order valence-corrected chi connectivity index (χ3v) is 10.0. The van der Waals surface area contributed by atoms with Crippen molar-refractivity contribution in [2.45, 2.75) is 6.04 Å². The Morgan fingerprint density at radius 1 is 0.469 bits per heavy atom. The first-order valence-corrected chi connectivity index (χ1v) is 16.8. The molecule has 1 N–H and O–H groups in total. The number of hydrogen-bond acceptors (Lipinski definition) is 2. The van der Waals surface area contributed by atoms with Crippen molar-refractivity contribution in [2.24, 2.45) is 4.99 Å². The molecule has 0 bridgehead atoms. The van der Waals surface area contributed by atoms with E-state index < -0.39 is 0 Å². The third kappa shape index (κ3) is 4.40. The van der Waals surface area contributed by atoms with Gasteiger partial charge in [-0.25, -0.2) is 0 Å². The van der Waals surface area contributed by atoms with Gasteiger partial charge in [-0.3, -0.25) is 4.99 Å². The number of benzene rings is 8. The highest BCUT2D eigenvalue weighted by molar-refractivity contribution is 6.23. The fourth-order valence-electron chi connectivity index (χ4n) is 7.81. The molecule has 49 heavy (non-hydrogen) atoms. The number of aliphatic imine (C=N–C) groups is 1. The van der Waals surface area contributed by atoms with Crippen molar-refractivity contribution in [2.75, 3.05) is 5.32 Å². The van der Waals surface area contributed by atoms with Gasteiger partial charge in [0, 0.05) is 33.3 Å². The van der Waals surface area contributed by atoms with Crippen LogP contribution in [0.2, 0.25) is 0 Å². The second-order valence-corrected chi connectivity index (χ2v) is 12.8. The molecular weight excluding hydrogens is 595 g/mol. The van der Waals surface area contributed by atoms with Crippen LogP contribution >= 0.6 is 0 Å². The van der Waals surface area contributed by atoms with Crippen molar-refractivity contribution >= 4 is 54.9 Å². The van der Waals surface area contributed by atoms with E-state index in [1.165, 1.54) is 65.6 Å². The highest BCUT2D eigenvalue weighted by atomic mass is 15.0. The zero-order valence-electron chi connectivity index (χ0n) is 26.7. The third-order valence-electron chi connectivity index (χ3n) is 10.0. The Balaban J connectivity index is 1.19. The number of anilines is 1. The van der Waals surface area contributed by atoms with Crippen LogP contribution in [0, 0.1) is 0 Å². The molecule has 8 aromatic carbocycles. The molecule has 3 heteroatoms. The maximum absolute atomic E-state index is 5.53. The molecule has 3 nitrogen and oxygen atoms in total. The maximum atomic E-state index is 5.53. The Morgan fingerprint density at radius 3 is 2.02 bits per heavy atom. The summed E-state index contributed by atoms with van der Waals surface area (Å²) in [5.41, 5.74) is 10.5. The summed E-state index contributed by atoms with van der Waals surface area (Å²) in [5, 5.41) is 11.2. The molecule has 0 radical (unpaired) electrons. The molecule has 1 atom stereocenters. The summed E-state index contributed by atoms with van der Waals surface area (Å²) in [6.45, 7) is 0. The summed E-state index contributed by atoms with van der Waals surface area (Å²) in [6, 6.07) is 63.0. The smallest absolute Gasteiger partial charge is 0.133 e. The molecule has 10 rings (SSSR count). The van der Waals surface area contributed by atoms with Gasteiger partial charge in [0.25, 0.3) is 0 Å². The minimum absolute atomic E-state index is 0.163. The first-order chi connectivity index (χ1) is 24.3. The lowest BCUT2D eigenvalue weighted by Gasteiger charge is -2.27. The number of hydrogen-bond donors (Lipinski definition) is 1. The zero-order valence-corrected chi connectivity index (χ0v) is 26.7. The SMILES string of the molecule is c1ccc(-c2ccc(C3N=C(c4ccc5c(c4)c4c6ccccc6ccc4n5-c4ccccc4)Nc4ccccc43)c3ccccc23)cc1. The maximum Gasteiger partial charge on any atom is 0.133 e. The Labute approximate surface area is 284 Å². The number of aromatic nitrogens is 1. The minimum atomic E-state index is -0.163. The Morgan fingerprint density at radius 2 is 1.16 bits per heavy atom. The van der Waals surface area contributed by atoms with Crippen LogP contribution in [0.15, 0.2) is 181 Å². The van der Waals surface area contributed by atoms with Gasteiger partial charge in [-0.1, -0.05) is 133 Å². The van der Waals surface area contributed by atoms with Gasteiger partial charge in [0.2, 0.25) is 0 Å². The molecule has 2 heterocycles. The van der Waals surface area contributed by atoms with Crippen LogP contribution in [-0.4, -0.2) is 10.4 Å². The number of amidine groups is 1. The van der Waals surface area contributed by atoms with Crippen molar-refractivity contribution in [1.29, 1.82) is 0 Å². The average molecular weight is 626 g/mol. The molecule has 1 aromatic heterocycles. The highest BCUT2D eigenvalue weighted by Gasteiger charge is 2.26. The molecular formula is C46H31N3. The highest BCUT2D eigenvalue weighted by Crippen LogP contribution is 2.42. The number of nitrogens with zero attached hydrogens (tertiary/aromatic N) is 2. The largest absolute Gasteiger partial charge is 0.340 e. The predicted octanol–water partition coefficient (Wildman–Crippen LogP) is 11.7. The zero-order chi connectivity index (χ0) is 32.3. The molecule has 0 spiro atoms. The first kappa shape index (κ1) is 27.6. The number of fused-ring (bicyclic) bond motifs is 7. The van der Waals surface area contributed by atoms with Crippen LogP contribution in [-0.2, 0) is 0 Å². The molecule has 0 fully saturated rings. The monoisotopic (exact) mass is 625 g/mol. The van der Waals surface area contributed by atoms with Gasteiger partial charge >= 0.3 is 0 Å². The van der Waals surface area contributed by atoms with E-state index in [0.29, 0.717) is 0 Å². The molecule has 0 aliphatic carbocycles. The van der Waals surface area contributed by atoms with Crippen molar-refractivity contribution in [1.82, 2.24) is 4.57 Å². The summed E-state index contributed by atoms with van der Waals surface area (Å²) in [5.74, 6) is 0.877. The molecule has 1 unspecified atom stereocenters. The normalized spacial score (nSPS) is 14.2. The van der Waals surface area contributed by atoms with Gasteiger partial charge in [0.05, 0.1) is 11.0 Å². The second kappa shape index (κ2) is 11.1. The fraction of sp³-hybridized carbons (Fsp3) is 0.0217. The van der Waals surface area contributed by atoms with Crippen molar-refractivity contribution in [3.8, 4) is 16.8 Å². The minimum Gasteiger partial charge on any atom is -0.340 e. The van der Waals surface area contributed by atoms with Crippen molar-refractivity contribution < 1.29 is 0 Å². The van der Waals surface area contributed by atoms with E-state index in [2.05, 4.69) is 186 Å². The average Bonchev–Trinajstić information content (AvgIpc) is 3.52. The van der Waals surface area contributed by atoms with Gasteiger partial charge < -0.3 is 9.88 Å². The van der Waals surface area contributed by atoms with E-state index in [1.807, 2.05) is 0 Å². The number of nitrogens with one attached hydrogen (secondary N) is 1. The summed E-state index contributed by atoms with van der Waals surface area (Å²) in [4.78, 5) is 5.53. The van der Waals surface area contributed by atoms with Crippen molar-refractivity contribution in [3.63, 3.8) is 0 Å². The summed E-state index contributed by atoms with van der Waals surface area (Å²) in [7, 11) is 0. The number of para-hydroxylation sites is 2. The predicted molar refractivity (Wildman–Crippen MR) is 206 cm³/mol. The van der Waals surface area contributed by atoms with Crippen LogP contribution in [0.3, 0.4) is 0 Å². The van der Waals surface area contributed by atoms with Crippen LogP contribution in [0.4, 0.5) is 5.69 Å². The molecule has 9 aromatic rings. The van der Waals surface area contributed by atoms with Crippen LogP contribution < -0.4 is 5.32 Å². The van der Waals surface area contributed by atoms with E-state index in [-0.39, 0.29) is 6.04 Å². The van der Waals surface area contributed by atoms with Gasteiger partial charge in [0.1, 0.15) is 11.9 Å². The molecule has 1 aliphatic heterocycles. The summed E-state index contributed by atoms with van der Waals surface area (Å²) in [6.07, 6.45) is 0. The lowest BCUT2D eigenvalue weighted by Crippen LogP contribution is -2.22. The van der Waals surface area contributed by atoms with Crippen LogP contribution in [0.25, 0.3) is 60.2 Å². The first-order valence-electron chi connectivity index (χ1n) is 16.8. The van der Waals surface area contributed by atoms with E-state index in [1.54, 1.807) is 0 Å². The lowest BCUT2D eigenvalue weighted by atomic mass is 9.88. The van der Waals surface area contributed by atoms with E-state index in [4.69, 9.17) is 4.99 Å². The summed E-state index contributed by atoms with van der Waals surface area (Å²) >= 11 is 0. The van der Waals surface area contributed by atoms with Crippen molar-refractivity contribution in [3.05, 3.63) is 193 Å². The molecule has 230 valence electrons. The van der Waals surface area contributed by atoms with Crippen LogP contribution in [0.1, 0.15) is 22.7 Å². The second-order valence-electron chi connectivity index (χ2n) is 12.8. The Hall–Kier alpha value is -6.45. The molecule has 0 amide bonds. The van der Waals surface area contributed by atoms with Gasteiger partial charge in [0.15, 0.2) is 0 Å². The topological polar surface area (TPSA) is 29.3 Å². The molecule has 1 aliphatic rings.